The lowest BCUT2D eigenvalue weighted by molar-refractivity contribution is -0.161. The summed E-state index contributed by atoms with van der Waals surface area (Å²) in [6.07, 6.45) is 10.5. The van der Waals surface area contributed by atoms with Gasteiger partial charge in [0.05, 0.1) is 13.2 Å². The topological polar surface area (TPSA) is 139 Å². The summed E-state index contributed by atoms with van der Waals surface area (Å²) >= 11 is 0. The Labute approximate surface area is 300 Å². The number of unbranched alkanes of at least 4 members (excludes halogenated alkanes) is 9. The molecule has 1 aromatic heterocycles. The third-order valence-corrected chi connectivity index (χ3v) is 14.0. The van der Waals surface area contributed by atoms with Crippen molar-refractivity contribution in [1.82, 2.24) is 9.97 Å². The van der Waals surface area contributed by atoms with Crippen molar-refractivity contribution in [3.8, 4) is 0 Å². The molecule has 0 aliphatic carbocycles. The average molecular weight is 765 g/mol. The van der Waals surface area contributed by atoms with Crippen molar-refractivity contribution < 1.29 is 43.0 Å². The smallest absolute Gasteiger partial charge is 0.460 e. The van der Waals surface area contributed by atoms with Crippen LogP contribution in [0.15, 0.2) is 129 Å². The van der Waals surface area contributed by atoms with Crippen LogP contribution in [0.1, 0.15) is 64.2 Å². The molecule has 276 valence electrons. The number of alkyl halides is 2. The van der Waals surface area contributed by atoms with E-state index < -0.39 is 41.8 Å². The van der Waals surface area contributed by atoms with Crippen molar-refractivity contribution >= 4 is 36.5 Å². The first-order valence-electron chi connectivity index (χ1n) is 16.7. The lowest BCUT2D eigenvalue weighted by Crippen LogP contribution is -2.41. The van der Waals surface area contributed by atoms with Crippen LogP contribution < -0.4 is 0 Å². The molecule has 0 atom stereocenters. The summed E-state index contributed by atoms with van der Waals surface area (Å²) in [6.45, 7) is -0.293. The van der Waals surface area contributed by atoms with Gasteiger partial charge in [-0.2, -0.15) is 25.6 Å². The molecule has 4 rings (SSSR count). The summed E-state index contributed by atoms with van der Waals surface area (Å²) in [7, 11) is -13.1. The second-order valence-electron chi connectivity index (χ2n) is 11.5. The van der Waals surface area contributed by atoms with Crippen LogP contribution in [0.3, 0.4) is 0 Å². The molecule has 0 radical (unpaired) electrons. The molecule has 1 heterocycles. The summed E-state index contributed by atoms with van der Waals surface area (Å²) in [5, 5.41) is -5.31. The quantitative estimate of drug-likeness (QED) is 0.0332. The maximum absolute atomic E-state index is 15.4. The summed E-state index contributed by atoms with van der Waals surface area (Å²) in [5.74, 6) is -2.18. The Hall–Kier alpha value is -3.76. The van der Waals surface area contributed by atoms with Gasteiger partial charge in [0.2, 0.25) is 0 Å². The number of benzene rings is 3. The van der Waals surface area contributed by atoms with Gasteiger partial charge in [-0.05, 0) is 65.6 Å². The minimum atomic E-state index is -5.86. The zero-order valence-electron chi connectivity index (χ0n) is 28.0. The van der Waals surface area contributed by atoms with Gasteiger partial charge in [0.25, 0.3) is 5.16 Å². The Morgan fingerprint density at radius 1 is 0.569 bits per heavy atom. The molecule has 0 saturated heterocycles. The zero-order valence-corrected chi connectivity index (χ0v) is 30.5. The minimum Gasteiger partial charge on any atom is -0.460 e. The molecule has 0 N–H and O–H groups in total. The van der Waals surface area contributed by atoms with Gasteiger partial charge in [0, 0.05) is 27.1 Å². The highest BCUT2D eigenvalue weighted by Crippen LogP contribution is 2.70. The molecule has 0 unspecified atom stereocenters. The number of esters is 1. The maximum atomic E-state index is 15.4. The SMILES string of the molecule is O=C(OCCCCCCCCCCCCOS(=O)(=O)c1ncccn1)C(F)(F)S(=O)(=O)OS(c1ccccc1)(c1ccccc1)c1ccccc1. The van der Waals surface area contributed by atoms with Crippen LogP contribution in [0.5, 0.6) is 0 Å². The second kappa shape index (κ2) is 19.2. The lowest BCUT2D eigenvalue weighted by atomic mass is 10.1. The van der Waals surface area contributed by atoms with Crippen molar-refractivity contribution in [3.05, 3.63) is 109 Å². The fourth-order valence-corrected chi connectivity index (χ4v) is 11.0. The molecule has 4 aromatic rings. The Morgan fingerprint density at radius 3 is 1.39 bits per heavy atom. The zero-order chi connectivity index (χ0) is 36.6. The highest BCUT2D eigenvalue weighted by Gasteiger charge is 2.58. The van der Waals surface area contributed by atoms with E-state index in [1.165, 1.54) is 18.5 Å². The number of halogens is 2. The van der Waals surface area contributed by atoms with E-state index >= 15 is 8.78 Å². The van der Waals surface area contributed by atoms with Gasteiger partial charge >= 0.3 is 31.5 Å². The van der Waals surface area contributed by atoms with E-state index in [0.717, 1.165) is 44.9 Å². The fourth-order valence-electron chi connectivity index (χ4n) is 5.14. The van der Waals surface area contributed by atoms with Crippen LogP contribution in [0, 0.1) is 0 Å². The summed E-state index contributed by atoms with van der Waals surface area (Å²) in [4.78, 5) is 21.0. The van der Waals surface area contributed by atoms with Crippen LogP contribution in [-0.4, -0.2) is 51.2 Å². The van der Waals surface area contributed by atoms with Crippen molar-refractivity contribution in [1.29, 1.82) is 0 Å². The van der Waals surface area contributed by atoms with Gasteiger partial charge < -0.3 is 4.74 Å². The Bertz CT molecular complexity index is 1760. The molecule has 51 heavy (non-hydrogen) atoms. The molecular formula is C36H42F2N2O8S3. The Kier molecular flexibility index (Phi) is 15.1. The molecule has 10 nitrogen and oxygen atoms in total. The number of nitrogens with zero attached hydrogens (tertiary/aromatic N) is 2. The minimum absolute atomic E-state index is 0.0624. The van der Waals surface area contributed by atoms with Crippen LogP contribution in [0.4, 0.5) is 8.78 Å². The third-order valence-electron chi connectivity index (χ3n) is 7.74. The molecular weight excluding hydrogens is 723 g/mol. The van der Waals surface area contributed by atoms with Crippen LogP contribution >= 0.6 is 10.3 Å². The predicted octanol–water partition coefficient (Wildman–Crippen LogP) is 8.46. The van der Waals surface area contributed by atoms with Gasteiger partial charge in [-0.3, -0.25) is 4.18 Å². The van der Waals surface area contributed by atoms with Crippen LogP contribution in [0.2, 0.25) is 0 Å². The third kappa shape index (κ3) is 10.9. The summed E-state index contributed by atoms with van der Waals surface area (Å²) in [6, 6.07) is 26.3. The highest BCUT2D eigenvalue weighted by atomic mass is 32.3. The summed E-state index contributed by atoms with van der Waals surface area (Å²) in [5.41, 5.74) is 0. The van der Waals surface area contributed by atoms with E-state index in [-0.39, 0.29) is 18.4 Å². The Balaban J connectivity index is 1.20. The van der Waals surface area contributed by atoms with Crippen molar-refractivity contribution in [3.63, 3.8) is 0 Å². The second-order valence-corrected chi connectivity index (χ2v) is 17.5. The average Bonchev–Trinajstić information content (AvgIpc) is 3.15. The number of aromatic nitrogens is 2. The number of carbonyl (C=O) groups is 1. The molecule has 0 aliphatic rings. The predicted molar refractivity (Wildman–Crippen MR) is 189 cm³/mol. The first kappa shape index (κ1) is 40.0. The first-order chi connectivity index (χ1) is 24.5. The van der Waals surface area contributed by atoms with E-state index in [1.54, 1.807) is 91.0 Å². The molecule has 15 heteroatoms. The van der Waals surface area contributed by atoms with Gasteiger partial charge in [0.15, 0.2) is 0 Å². The van der Waals surface area contributed by atoms with Gasteiger partial charge in [-0.15, -0.1) is 0 Å². The van der Waals surface area contributed by atoms with E-state index in [2.05, 4.69) is 9.97 Å². The van der Waals surface area contributed by atoms with Gasteiger partial charge in [0.1, 0.15) is 0 Å². The molecule has 3 aromatic carbocycles. The van der Waals surface area contributed by atoms with E-state index in [0.29, 0.717) is 33.9 Å². The van der Waals surface area contributed by atoms with Crippen LogP contribution in [-0.2, 0) is 37.6 Å². The standard InChI is InChI=1S/C36H42F2N2O8S3/c37-36(38,34(41)46-29-18-7-5-3-1-2-4-6-8-19-30-47-50(42,43)35-39-27-20-28-40-35)51(44,45)48-49(31-21-12-9-13-22-31,32-23-14-10-15-24-32)33-25-16-11-17-26-33/h9-17,20-28H,1-8,18-19,29-30H2. The summed E-state index contributed by atoms with van der Waals surface area (Å²) < 4.78 is 96.9. The van der Waals surface area contributed by atoms with E-state index in [1.807, 2.05) is 0 Å². The van der Waals surface area contributed by atoms with Crippen LogP contribution in [0.25, 0.3) is 0 Å². The van der Waals surface area contributed by atoms with E-state index in [4.69, 9.17) is 12.5 Å². The fraction of sp³-hybridized carbons (Fsp3) is 0.361. The largest absolute Gasteiger partial charge is 0.466 e. The lowest BCUT2D eigenvalue weighted by Gasteiger charge is -2.39. The molecule has 0 aliphatic heterocycles. The number of hydrogen-bond acceptors (Lipinski definition) is 10. The number of ether oxygens (including phenoxy) is 1. The Morgan fingerprint density at radius 2 is 0.961 bits per heavy atom. The molecule has 0 fully saturated rings. The van der Waals surface area contributed by atoms with Crippen molar-refractivity contribution in [2.45, 2.75) is 89.3 Å². The molecule has 0 amide bonds. The number of carbonyl (C=O) groups excluding carboxylic acids is 1. The normalized spacial score (nSPS) is 12.7. The van der Waals surface area contributed by atoms with Crippen molar-refractivity contribution in [2.24, 2.45) is 0 Å². The maximum Gasteiger partial charge on any atom is 0.466 e. The van der Waals surface area contributed by atoms with E-state index in [9.17, 15) is 21.6 Å². The monoisotopic (exact) mass is 764 g/mol. The molecule has 0 bridgehead atoms. The molecule has 0 spiro atoms. The van der Waals surface area contributed by atoms with Gasteiger partial charge in [-0.1, -0.05) is 106 Å². The number of hydrogen-bond donors (Lipinski definition) is 0. The first-order valence-corrected chi connectivity index (χ1v) is 21.0. The molecule has 0 saturated carbocycles. The highest BCUT2D eigenvalue weighted by molar-refractivity contribution is 8.33. The number of rotatable bonds is 22. The van der Waals surface area contributed by atoms with Gasteiger partial charge in [-0.25, -0.2) is 18.4 Å². The van der Waals surface area contributed by atoms with Crippen molar-refractivity contribution in [2.75, 3.05) is 13.2 Å².